The maximum absolute atomic E-state index is 13.1. The lowest BCUT2D eigenvalue weighted by atomic mass is 9.91. The van der Waals surface area contributed by atoms with Gasteiger partial charge in [-0.2, -0.15) is 0 Å². The van der Waals surface area contributed by atoms with Crippen LogP contribution in [0.15, 0.2) is 41.3 Å². The van der Waals surface area contributed by atoms with Crippen LogP contribution in [-0.4, -0.2) is 67.0 Å². The number of rotatable bonds is 6. The normalized spacial score (nSPS) is 21.1. The Morgan fingerprint density at radius 2 is 1.59 bits per heavy atom. The molecule has 4 N–H and O–H groups in total. The zero-order valence-corrected chi connectivity index (χ0v) is 19.9. The fourth-order valence-electron chi connectivity index (χ4n) is 4.73. The molecule has 0 radical (unpaired) electrons. The van der Waals surface area contributed by atoms with E-state index in [1.165, 1.54) is 6.92 Å². The molecular formula is C25H34N6O3. The van der Waals surface area contributed by atoms with Gasteiger partial charge in [0.15, 0.2) is 0 Å². The van der Waals surface area contributed by atoms with Gasteiger partial charge < -0.3 is 30.7 Å². The number of hydrogen-bond acceptors (Lipinski definition) is 6. The summed E-state index contributed by atoms with van der Waals surface area (Å²) in [6.07, 6.45) is 4.98. The number of nitrogens with zero attached hydrogens (tertiary/aromatic N) is 2. The number of pyridine rings is 1. The molecule has 2 aromatic rings. The number of piperazine rings is 1. The van der Waals surface area contributed by atoms with E-state index in [1.807, 2.05) is 24.3 Å². The Labute approximate surface area is 199 Å². The molecular weight excluding hydrogens is 432 g/mol. The molecule has 0 atom stereocenters. The summed E-state index contributed by atoms with van der Waals surface area (Å²) in [5.74, 6) is -0.454. The highest BCUT2D eigenvalue weighted by Crippen LogP contribution is 2.24. The van der Waals surface area contributed by atoms with Crippen LogP contribution in [0.2, 0.25) is 0 Å². The molecule has 2 amide bonds. The molecule has 1 aliphatic carbocycles. The van der Waals surface area contributed by atoms with Crippen LogP contribution in [0.25, 0.3) is 0 Å². The van der Waals surface area contributed by atoms with Gasteiger partial charge >= 0.3 is 0 Å². The number of nitrogens with one attached hydrogen (secondary N) is 4. The molecule has 1 aromatic carbocycles. The van der Waals surface area contributed by atoms with Gasteiger partial charge in [0.05, 0.1) is 5.69 Å². The largest absolute Gasteiger partial charge is 0.381 e. The van der Waals surface area contributed by atoms with Crippen molar-refractivity contribution in [2.75, 3.05) is 48.8 Å². The predicted octanol–water partition coefficient (Wildman–Crippen LogP) is 2.24. The highest BCUT2D eigenvalue weighted by atomic mass is 16.2. The highest BCUT2D eigenvalue weighted by Gasteiger charge is 2.24. The van der Waals surface area contributed by atoms with E-state index in [0.717, 1.165) is 57.5 Å². The van der Waals surface area contributed by atoms with Gasteiger partial charge in [-0.25, -0.2) is 0 Å². The van der Waals surface area contributed by atoms with Gasteiger partial charge in [0.1, 0.15) is 5.56 Å². The van der Waals surface area contributed by atoms with Crippen LogP contribution < -0.4 is 26.4 Å². The van der Waals surface area contributed by atoms with Crippen molar-refractivity contribution < 1.29 is 9.59 Å². The van der Waals surface area contributed by atoms with E-state index < -0.39 is 11.5 Å². The minimum atomic E-state index is -0.441. The number of amides is 2. The first kappa shape index (κ1) is 23.8. The van der Waals surface area contributed by atoms with Crippen molar-refractivity contribution in [3.63, 3.8) is 0 Å². The van der Waals surface area contributed by atoms with Gasteiger partial charge in [-0.05, 0) is 63.1 Å². The van der Waals surface area contributed by atoms with Crippen LogP contribution in [-0.2, 0) is 4.79 Å². The molecule has 9 nitrogen and oxygen atoms in total. The fraction of sp³-hybridized carbons (Fsp3) is 0.480. The Morgan fingerprint density at radius 3 is 2.24 bits per heavy atom. The van der Waals surface area contributed by atoms with Crippen molar-refractivity contribution in [3.05, 3.63) is 52.4 Å². The first-order valence-electron chi connectivity index (χ1n) is 12.0. The molecule has 4 rings (SSSR count). The Morgan fingerprint density at radius 1 is 0.941 bits per heavy atom. The lowest BCUT2D eigenvalue weighted by Crippen LogP contribution is -2.44. The topological polar surface area (TPSA) is 110 Å². The maximum atomic E-state index is 13.1. The Hall–Kier alpha value is -3.33. The van der Waals surface area contributed by atoms with E-state index in [9.17, 15) is 14.4 Å². The zero-order chi connectivity index (χ0) is 24.1. The van der Waals surface area contributed by atoms with Crippen molar-refractivity contribution in [2.24, 2.45) is 0 Å². The molecule has 0 unspecified atom stereocenters. The smallest absolute Gasteiger partial charge is 0.263 e. The van der Waals surface area contributed by atoms with Gasteiger partial charge in [0.25, 0.3) is 11.5 Å². The number of carbonyl (C=O) groups is 2. The number of likely N-dealkylation sites (N-methyl/N-ethyl adjacent to an activating group) is 1. The molecule has 2 heterocycles. The number of benzene rings is 1. The number of carbonyl (C=O) groups excluding carboxylic acids is 2. The Balaban J connectivity index is 1.40. The third kappa shape index (κ3) is 5.96. The van der Waals surface area contributed by atoms with Gasteiger partial charge in [-0.1, -0.05) is 0 Å². The quantitative estimate of drug-likeness (QED) is 0.520. The minimum Gasteiger partial charge on any atom is -0.381 e. The molecule has 1 aliphatic heterocycles. The van der Waals surface area contributed by atoms with Crippen molar-refractivity contribution in [1.82, 2.24) is 15.2 Å². The third-order valence-corrected chi connectivity index (χ3v) is 6.68. The van der Waals surface area contributed by atoms with Crippen molar-refractivity contribution in [3.8, 4) is 0 Å². The standard InChI is InChI=1S/C25H34N6O3/c1-17(32)27-18-3-5-19(6-4-18)28-22-11-12-26-24(33)23(22)25(34)29-20-7-9-21(10-8-20)31-15-13-30(2)14-16-31/h7-12,18-19H,3-6,13-16H2,1-2H3,(H,27,32)(H,29,34)(H2,26,28,33). The first-order valence-corrected chi connectivity index (χ1v) is 12.0. The average molecular weight is 467 g/mol. The molecule has 1 saturated heterocycles. The highest BCUT2D eigenvalue weighted by molar-refractivity contribution is 6.07. The SMILES string of the molecule is CC(=O)NC1CCC(Nc2cc[nH]c(=O)c2C(=O)Nc2ccc(N3CCN(C)CC3)cc2)CC1. The fourth-order valence-corrected chi connectivity index (χ4v) is 4.73. The average Bonchev–Trinajstić information content (AvgIpc) is 2.81. The van der Waals surface area contributed by atoms with Crippen LogP contribution in [0.3, 0.4) is 0 Å². The summed E-state index contributed by atoms with van der Waals surface area (Å²) in [5.41, 5.74) is 1.95. The number of H-pyrrole nitrogens is 1. The summed E-state index contributed by atoms with van der Waals surface area (Å²) in [4.78, 5) is 44.2. The van der Waals surface area contributed by atoms with Gasteiger partial charge in [-0.15, -0.1) is 0 Å². The second-order valence-corrected chi connectivity index (χ2v) is 9.28. The summed E-state index contributed by atoms with van der Waals surface area (Å²) in [7, 11) is 2.13. The molecule has 9 heteroatoms. The van der Waals surface area contributed by atoms with Crippen molar-refractivity contribution in [2.45, 2.75) is 44.7 Å². The lowest BCUT2D eigenvalue weighted by Gasteiger charge is -2.34. The molecule has 0 spiro atoms. The van der Waals surface area contributed by atoms with Gasteiger partial charge in [0, 0.05) is 62.8 Å². The molecule has 0 bridgehead atoms. The van der Waals surface area contributed by atoms with Crippen LogP contribution in [0, 0.1) is 0 Å². The monoisotopic (exact) mass is 466 g/mol. The molecule has 2 fully saturated rings. The van der Waals surface area contributed by atoms with E-state index in [-0.39, 0.29) is 23.6 Å². The van der Waals surface area contributed by atoms with Gasteiger partial charge in [-0.3, -0.25) is 14.4 Å². The summed E-state index contributed by atoms with van der Waals surface area (Å²) in [5, 5.41) is 9.22. The number of anilines is 3. The van der Waals surface area contributed by atoms with Crippen LogP contribution >= 0.6 is 0 Å². The predicted molar refractivity (Wildman–Crippen MR) is 135 cm³/mol. The molecule has 1 aromatic heterocycles. The van der Waals surface area contributed by atoms with Gasteiger partial charge in [0.2, 0.25) is 5.91 Å². The third-order valence-electron chi connectivity index (χ3n) is 6.68. The molecule has 34 heavy (non-hydrogen) atoms. The maximum Gasteiger partial charge on any atom is 0.263 e. The molecule has 1 saturated carbocycles. The van der Waals surface area contributed by atoms with E-state index in [2.05, 4.69) is 37.8 Å². The van der Waals surface area contributed by atoms with E-state index in [0.29, 0.717) is 11.4 Å². The van der Waals surface area contributed by atoms with E-state index >= 15 is 0 Å². The summed E-state index contributed by atoms with van der Waals surface area (Å²) in [6, 6.07) is 9.81. The van der Waals surface area contributed by atoms with E-state index in [4.69, 9.17) is 0 Å². The summed E-state index contributed by atoms with van der Waals surface area (Å²) in [6.45, 7) is 5.54. The molecule has 182 valence electrons. The molecule has 2 aliphatic rings. The van der Waals surface area contributed by atoms with Crippen LogP contribution in [0.1, 0.15) is 43.0 Å². The summed E-state index contributed by atoms with van der Waals surface area (Å²) < 4.78 is 0. The van der Waals surface area contributed by atoms with Crippen LogP contribution in [0.5, 0.6) is 0 Å². The second-order valence-electron chi connectivity index (χ2n) is 9.28. The number of aromatic amines is 1. The van der Waals surface area contributed by atoms with Crippen molar-refractivity contribution in [1.29, 1.82) is 0 Å². The second kappa shape index (κ2) is 10.7. The van der Waals surface area contributed by atoms with Crippen LogP contribution in [0.4, 0.5) is 17.1 Å². The summed E-state index contributed by atoms with van der Waals surface area (Å²) >= 11 is 0. The number of aromatic nitrogens is 1. The minimum absolute atomic E-state index is 0.0125. The number of hydrogen-bond donors (Lipinski definition) is 4. The first-order chi connectivity index (χ1) is 16.4. The Kier molecular flexibility index (Phi) is 7.52. The van der Waals surface area contributed by atoms with Crippen molar-refractivity contribution >= 4 is 28.9 Å². The lowest BCUT2D eigenvalue weighted by molar-refractivity contribution is -0.119. The Bertz CT molecular complexity index is 1050. The zero-order valence-electron chi connectivity index (χ0n) is 19.9. The van der Waals surface area contributed by atoms with E-state index in [1.54, 1.807) is 12.3 Å².